The molecule has 0 spiro atoms. The minimum Gasteiger partial charge on any atom is -0.492 e. The Morgan fingerprint density at radius 3 is 2.26 bits per heavy atom. The second-order valence-corrected chi connectivity index (χ2v) is 8.27. The van der Waals surface area contributed by atoms with Gasteiger partial charge in [-0.1, -0.05) is 36.4 Å². The predicted octanol–water partition coefficient (Wildman–Crippen LogP) is 5.13. The average Bonchev–Trinajstić information content (AvgIpc) is 3.31. The van der Waals surface area contributed by atoms with Crippen LogP contribution in [0.4, 0.5) is 17.1 Å². The van der Waals surface area contributed by atoms with Gasteiger partial charge >= 0.3 is 0 Å². The van der Waals surface area contributed by atoms with Crippen molar-refractivity contribution in [2.75, 3.05) is 35.3 Å². The fraction of sp³-hybridized carbons (Fsp3) is 0.286. The number of hydrogen-bond acceptors (Lipinski definition) is 5. The van der Waals surface area contributed by atoms with E-state index in [4.69, 9.17) is 9.47 Å². The van der Waals surface area contributed by atoms with Crippen LogP contribution in [0.15, 0.2) is 66.7 Å². The standard InChI is InChI=1S/C28H31N3O4/c1-4-34-25-18-23(30-27(32)21-12-7-6-8-13-21)26(35-5-2)17-22(25)29-19(3)28(33)31-16-15-20-11-9-10-14-24(20)31/h6-14,17-19,29H,4-5,15-16H2,1-3H3,(H,30,32). The van der Waals surface area contributed by atoms with Crippen molar-refractivity contribution < 1.29 is 19.1 Å². The van der Waals surface area contributed by atoms with E-state index in [1.165, 1.54) is 5.56 Å². The number of carbonyl (C=O) groups is 2. The molecule has 1 aliphatic heterocycles. The van der Waals surface area contributed by atoms with E-state index < -0.39 is 6.04 Å². The SMILES string of the molecule is CCOc1cc(NC(C)C(=O)N2CCc3ccccc32)c(OCC)cc1NC(=O)c1ccccc1. The molecule has 3 aromatic carbocycles. The van der Waals surface area contributed by atoms with Gasteiger partial charge in [0.05, 0.1) is 24.6 Å². The molecule has 0 fully saturated rings. The Morgan fingerprint density at radius 1 is 0.914 bits per heavy atom. The number of rotatable bonds is 9. The maximum Gasteiger partial charge on any atom is 0.255 e. The van der Waals surface area contributed by atoms with Crippen molar-refractivity contribution in [2.45, 2.75) is 33.2 Å². The van der Waals surface area contributed by atoms with Crippen molar-refractivity contribution in [3.63, 3.8) is 0 Å². The summed E-state index contributed by atoms with van der Waals surface area (Å²) in [5.41, 5.74) is 3.81. The number of para-hydroxylation sites is 1. The third-order valence-electron chi connectivity index (χ3n) is 5.86. The van der Waals surface area contributed by atoms with E-state index in [1.54, 1.807) is 24.3 Å². The van der Waals surface area contributed by atoms with Crippen molar-refractivity contribution in [1.82, 2.24) is 0 Å². The number of benzene rings is 3. The van der Waals surface area contributed by atoms with Crippen molar-refractivity contribution in [3.05, 3.63) is 77.9 Å². The topological polar surface area (TPSA) is 79.9 Å². The summed E-state index contributed by atoms with van der Waals surface area (Å²) < 4.78 is 11.7. The van der Waals surface area contributed by atoms with Crippen LogP contribution in [0.25, 0.3) is 0 Å². The van der Waals surface area contributed by atoms with E-state index in [0.29, 0.717) is 48.2 Å². The molecule has 3 aromatic rings. The molecule has 0 radical (unpaired) electrons. The Hall–Kier alpha value is -4.00. The Labute approximate surface area is 206 Å². The molecule has 7 heteroatoms. The molecule has 0 bridgehead atoms. The molecule has 35 heavy (non-hydrogen) atoms. The largest absolute Gasteiger partial charge is 0.492 e. The summed E-state index contributed by atoms with van der Waals surface area (Å²) in [6, 6.07) is 20.0. The zero-order valence-corrected chi connectivity index (χ0v) is 20.3. The van der Waals surface area contributed by atoms with Crippen LogP contribution in [0.5, 0.6) is 11.5 Å². The lowest BCUT2D eigenvalue weighted by Crippen LogP contribution is -2.40. The van der Waals surface area contributed by atoms with Gasteiger partial charge in [-0.25, -0.2) is 0 Å². The molecule has 1 atom stereocenters. The molecular weight excluding hydrogens is 442 g/mol. The first-order valence-corrected chi connectivity index (χ1v) is 12.0. The zero-order chi connectivity index (χ0) is 24.8. The highest BCUT2D eigenvalue weighted by Gasteiger charge is 2.28. The molecule has 2 amide bonds. The first kappa shape index (κ1) is 24.1. The molecule has 0 saturated heterocycles. The van der Waals surface area contributed by atoms with E-state index in [-0.39, 0.29) is 11.8 Å². The molecular formula is C28H31N3O4. The third kappa shape index (κ3) is 5.40. The highest BCUT2D eigenvalue weighted by Crippen LogP contribution is 2.38. The van der Waals surface area contributed by atoms with Gasteiger partial charge in [0.15, 0.2) is 0 Å². The Kier molecular flexibility index (Phi) is 7.55. The molecule has 1 heterocycles. The molecule has 0 aromatic heterocycles. The maximum atomic E-state index is 13.3. The molecule has 7 nitrogen and oxygen atoms in total. The Morgan fingerprint density at radius 2 is 1.54 bits per heavy atom. The Balaban J connectivity index is 1.58. The van der Waals surface area contributed by atoms with Crippen LogP contribution in [-0.4, -0.2) is 37.6 Å². The highest BCUT2D eigenvalue weighted by molar-refractivity contribution is 6.05. The van der Waals surface area contributed by atoms with Gasteiger partial charge in [-0.15, -0.1) is 0 Å². The van der Waals surface area contributed by atoms with Crippen molar-refractivity contribution in [1.29, 1.82) is 0 Å². The van der Waals surface area contributed by atoms with E-state index >= 15 is 0 Å². The zero-order valence-electron chi connectivity index (χ0n) is 20.3. The van der Waals surface area contributed by atoms with Crippen LogP contribution in [0.1, 0.15) is 36.7 Å². The predicted molar refractivity (Wildman–Crippen MR) is 139 cm³/mol. The van der Waals surface area contributed by atoms with Crippen LogP contribution in [0.2, 0.25) is 0 Å². The number of hydrogen-bond donors (Lipinski definition) is 2. The monoisotopic (exact) mass is 473 g/mol. The van der Waals surface area contributed by atoms with Gasteiger partial charge in [0.25, 0.3) is 5.91 Å². The summed E-state index contributed by atoms with van der Waals surface area (Å²) >= 11 is 0. The third-order valence-corrected chi connectivity index (χ3v) is 5.86. The first-order chi connectivity index (χ1) is 17.0. The fourth-order valence-electron chi connectivity index (χ4n) is 4.20. The smallest absolute Gasteiger partial charge is 0.255 e. The maximum absolute atomic E-state index is 13.3. The van der Waals surface area contributed by atoms with Crippen molar-refractivity contribution in [2.24, 2.45) is 0 Å². The molecule has 4 rings (SSSR count). The number of fused-ring (bicyclic) bond motifs is 1. The second kappa shape index (κ2) is 11.0. The molecule has 0 aliphatic carbocycles. The Bertz CT molecular complexity index is 1200. The lowest BCUT2D eigenvalue weighted by Gasteiger charge is -2.25. The van der Waals surface area contributed by atoms with Crippen LogP contribution in [0, 0.1) is 0 Å². The van der Waals surface area contributed by atoms with Crippen LogP contribution < -0.4 is 25.0 Å². The first-order valence-electron chi connectivity index (χ1n) is 12.0. The lowest BCUT2D eigenvalue weighted by molar-refractivity contribution is -0.118. The number of ether oxygens (including phenoxy) is 2. The van der Waals surface area contributed by atoms with E-state index in [1.807, 2.05) is 62.1 Å². The van der Waals surface area contributed by atoms with Gasteiger partial charge < -0.3 is 25.0 Å². The molecule has 1 aliphatic rings. The minimum absolute atomic E-state index is 0.0168. The summed E-state index contributed by atoms with van der Waals surface area (Å²) in [7, 11) is 0. The van der Waals surface area contributed by atoms with E-state index in [9.17, 15) is 9.59 Å². The number of amides is 2. The number of nitrogens with zero attached hydrogens (tertiary/aromatic N) is 1. The number of anilines is 3. The summed E-state index contributed by atoms with van der Waals surface area (Å²) in [6.07, 6.45) is 0.850. The molecule has 182 valence electrons. The highest BCUT2D eigenvalue weighted by atomic mass is 16.5. The summed E-state index contributed by atoms with van der Waals surface area (Å²) in [5, 5.41) is 6.23. The van der Waals surface area contributed by atoms with Crippen LogP contribution in [0.3, 0.4) is 0 Å². The fourth-order valence-corrected chi connectivity index (χ4v) is 4.20. The normalized spacial score (nSPS) is 13.1. The number of carbonyl (C=O) groups excluding carboxylic acids is 2. The minimum atomic E-state index is -0.500. The molecule has 1 unspecified atom stereocenters. The molecule has 2 N–H and O–H groups in total. The van der Waals surface area contributed by atoms with Gasteiger partial charge in [0.2, 0.25) is 5.91 Å². The second-order valence-electron chi connectivity index (χ2n) is 8.27. The van der Waals surface area contributed by atoms with Crippen LogP contribution in [-0.2, 0) is 11.2 Å². The van der Waals surface area contributed by atoms with E-state index in [0.717, 1.165) is 12.1 Å². The van der Waals surface area contributed by atoms with Crippen LogP contribution >= 0.6 is 0 Å². The summed E-state index contributed by atoms with van der Waals surface area (Å²) in [5.74, 6) is 0.762. The van der Waals surface area contributed by atoms with E-state index in [2.05, 4.69) is 16.7 Å². The van der Waals surface area contributed by atoms with Gasteiger partial charge in [0, 0.05) is 29.9 Å². The molecule has 0 saturated carbocycles. The van der Waals surface area contributed by atoms with Gasteiger partial charge in [-0.3, -0.25) is 9.59 Å². The quantitative estimate of drug-likeness (QED) is 0.451. The van der Waals surface area contributed by atoms with Crippen molar-refractivity contribution >= 4 is 28.9 Å². The van der Waals surface area contributed by atoms with Gasteiger partial charge in [-0.05, 0) is 51.0 Å². The van der Waals surface area contributed by atoms with Gasteiger partial charge in [0.1, 0.15) is 17.5 Å². The summed E-state index contributed by atoms with van der Waals surface area (Å²) in [6.45, 7) is 7.11. The lowest BCUT2D eigenvalue weighted by atomic mass is 10.1. The number of nitrogens with one attached hydrogen (secondary N) is 2. The van der Waals surface area contributed by atoms with Crippen molar-refractivity contribution in [3.8, 4) is 11.5 Å². The average molecular weight is 474 g/mol. The van der Waals surface area contributed by atoms with Gasteiger partial charge in [-0.2, -0.15) is 0 Å². The summed E-state index contributed by atoms with van der Waals surface area (Å²) in [4.78, 5) is 27.9.